The molecule has 1 fully saturated rings. The molecule has 114 valence electrons. The summed E-state index contributed by atoms with van der Waals surface area (Å²) >= 11 is 5.25. The fraction of sp³-hybridized carbons (Fsp3) is 0.615. The Labute approximate surface area is 150 Å². The predicted octanol–water partition coefficient (Wildman–Crippen LogP) is 3.17. The SMILES string of the molecule is CN=C(NCC1(C)COC1)N(C)Cc1ccc(Br)s1.I. The Morgan fingerprint density at radius 1 is 1.55 bits per heavy atom. The first-order chi connectivity index (χ1) is 9.02. The van der Waals surface area contributed by atoms with Crippen molar-refractivity contribution in [1.29, 1.82) is 0 Å². The van der Waals surface area contributed by atoms with Crippen molar-refractivity contribution in [1.82, 2.24) is 10.2 Å². The molecule has 0 saturated carbocycles. The third-order valence-electron chi connectivity index (χ3n) is 3.17. The van der Waals surface area contributed by atoms with Crippen molar-refractivity contribution in [3.05, 3.63) is 20.8 Å². The van der Waals surface area contributed by atoms with Crippen molar-refractivity contribution in [3.8, 4) is 0 Å². The topological polar surface area (TPSA) is 36.9 Å². The molecule has 1 saturated heterocycles. The zero-order valence-electron chi connectivity index (χ0n) is 12.0. The number of thiophene rings is 1. The number of ether oxygens (including phenoxy) is 1. The van der Waals surface area contributed by atoms with Crippen molar-refractivity contribution in [2.24, 2.45) is 10.4 Å². The van der Waals surface area contributed by atoms with E-state index in [2.05, 4.69) is 57.2 Å². The number of guanidine groups is 1. The fourth-order valence-electron chi connectivity index (χ4n) is 1.98. The standard InChI is InChI=1S/C13H20BrN3OS.HI/c1-13(8-18-9-13)7-16-12(15-2)17(3)6-10-4-5-11(14)19-10;/h4-5H,6-9H2,1-3H3,(H,15,16);1H. The lowest BCUT2D eigenvalue weighted by Gasteiger charge is -2.39. The molecule has 0 radical (unpaired) electrons. The maximum atomic E-state index is 5.27. The maximum Gasteiger partial charge on any atom is 0.193 e. The highest BCUT2D eigenvalue weighted by molar-refractivity contribution is 14.0. The molecule has 1 aliphatic heterocycles. The third kappa shape index (κ3) is 4.85. The molecule has 20 heavy (non-hydrogen) atoms. The largest absolute Gasteiger partial charge is 0.380 e. The van der Waals surface area contributed by atoms with Gasteiger partial charge in [-0.25, -0.2) is 0 Å². The number of nitrogens with zero attached hydrogens (tertiary/aromatic N) is 2. The molecule has 1 N–H and O–H groups in total. The summed E-state index contributed by atoms with van der Waals surface area (Å²) in [5.74, 6) is 0.928. The van der Waals surface area contributed by atoms with Crippen LogP contribution in [0, 0.1) is 5.41 Å². The summed E-state index contributed by atoms with van der Waals surface area (Å²) in [5.41, 5.74) is 0.253. The van der Waals surface area contributed by atoms with E-state index in [4.69, 9.17) is 4.74 Å². The molecular weight excluding hydrogens is 453 g/mol. The van der Waals surface area contributed by atoms with Gasteiger partial charge in [-0.3, -0.25) is 4.99 Å². The van der Waals surface area contributed by atoms with Crippen LogP contribution in [0.15, 0.2) is 20.9 Å². The summed E-state index contributed by atoms with van der Waals surface area (Å²) in [4.78, 5) is 7.79. The minimum atomic E-state index is 0. The first-order valence-electron chi connectivity index (χ1n) is 6.26. The molecule has 1 aromatic rings. The van der Waals surface area contributed by atoms with Gasteiger partial charge in [-0.15, -0.1) is 35.3 Å². The third-order valence-corrected chi connectivity index (χ3v) is 4.78. The van der Waals surface area contributed by atoms with Gasteiger partial charge in [-0.2, -0.15) is 0 Å². The molecule has 4 nitrogen and oxygen atoms in total. The number of halogens is 2. The van der Waals surface area contributed by atoms with E-state index in [0.717, 1.165) is 36.0 Å². The van der Waals surface area contributed by atoms with Gasteiger partial charge in [0.15, 0.2) is 5.96 Å². The zero-order valence-corrected chi connectivity index (χ0v) is 16.7. The average Bonchev–Trinajstić information content (AvgIpc) is 2.73. The van der Waals surface area contributed by atoms with Gasteiger partial charge in [0.05, 0.1) is 23.5 Å². The molecule has 2 heterocycles. The van der Waals surface area contributed by atoms with Crippen LogP contribution in [-0.2, 0) is 11.3 Å². The Bertz CT molecular complexity index is 462. The minimum Gasteiger partial charge on any atom is -0.380 e. The molecule has 0 aromatic carbocycles. The average molecular weight is 474 g/mol. The Balaban J connectivity index is 0.00000200. The van der Waals surface area contributed by atoms with Crippen molar-refractivity contribution >= 4 is 57.2 Å². The van der Waals surface area contributed by atoms with E-state index in [0.29, 0.717) is 0 Å². The van der Waals surface area contributed by atoms with Crippen LogP contribution < -0.4 is 5.32 Å². The summed E-state index contributed by atoms with van der Waals surface area (Å²) in [6.45, 7) is 5.66. The minimum absolute atomic E-state index is 0. The fourth-order valence-corrected chi connectivity index (χ4v) is 3.51. The predicted molar refractivity (Wildman–Crippen MR) is 99.2 cm³/mol. The number of hydrogen-bond acceptors (Lipinski definition) is 3. The lowest BCUT2D eigenvalue weighted by Crippen LogP contribution is -2.51. The van der Waals surface area contributed by atoms with Crippen LogP contribution >= 0.6 is 51.2 Å². The monoisotopic (exact) mass is 473 g/mol. The van der Waals surface area contributed by atoms with Gasteiger partial charge in [0.2, 0.25) is 0 Å². The summed E-state index contributed by atoms with van der Waals surface area (Å²) < 4.78 is 6.43. The molecule has 0 amide bonds. The van der Waals surface area contributed by atoms with Gasteiger partial charge in [-0.1, -0.05) is 6.92 Å². The molecule has 7 heteroatoms. The highest BCUT2D eigenvalue weighted by Gasteiger charge is 2.33. The van der Waals surface area contributed by atoms with Crippen molar-refractivity contribution in [2.75, 3.05) is 33.9 Å². The quantitative estimate of drug-likeness (QED) is 0.414. The second kappa shape index (κ2) is 7.95. The highest BCUT2D eigenvalue weighted by atomic mass is 127. The van der Waals surface area contributed by atoms with Gasteiger partial charge in [0.1, 0.15) is 0 Å². The maximum absolute atomic E-state index is 5.27. The summed E-state index contributed by atoms with van der Waals surface area (Å²) in [5, 5.41) is 3.43. The molecule has 0 aliphatic carbocycles. The smallest absolute Gasteiger partial charge is 0.193 e. The lowest BCUT2D eigenvalue weighted by molar-refractivity contribution is -0.0972. The second-order valence-electron chi connectivity index (χ2n) is 5.27. The first kappa shape index (κ1) is 18.2. The van der Waals surface area contributed by atoms with Gasteiger partial charge < -0.3 is 15.0 Å². The molecule has 0 bridgehead atoms. The van der Waals surface area contributed by atoms with E-state index in [1.165, 1.54) is 4.88 Å². The van der Waals surface area contributed by atoms with Gasteiger partial charge in [-0.05, 0) is 28.1 Å². The Hall–Kier alpha value is 0.140. The van der Waals surface area contributed by atoms with Gasteiger partial charge >= 0.3 is 0 Å². The van der Waals surface area contributed by atoms with E-state index >= 15 is 0 Å². The first-order valence-corrected chi connectivity index (χ1v) is 7.87. The summed E-state index contributed by atoms with van der Waals surface area (Å²) in [6.07, 6.45) is 0. The van der Waals surface area contributed by atoms with E-state index in [-0.39, 0.29) is 29.4 Å². The van der Waals surface area contributed by atoms with Crippen LogP contribution in [0.2, 0.25) is 0 Å². The second-order valence-corrected chi connectivity index (χ2v) is 7.81. The molecule has 1 aliphatic rings. The Morgan fingerprint density at radius 2 is 2.25 bits per heavy atom. The molecule has 1 aromatic heterocycles. The number of hydrogen-bond donors (Lipinski definition) is 1. The Kier molecular flexibility index (Phi) is 7.23. The van der Waals surface area contributed by atoms with Crippen LogP contribution in [0.5, 0.6) is 0 Å². The van der Waals surface area contributed by atoms with E-state index in [1.807, 2.05) is 7.05 Å². The van der Waals surface area contributed by atoms with Crippen LogP contribution in [0.25, 0.3) is 0 Å². The molecule has 0 spiro atoms. The number of nitrogens with one attached hydrogen (secondary N) is 1. The van der Waals surface area contributed by atoms with Crippen molar-refractivity contribution in [2.45, 2.75) is 13.5 Å². The molecule has 2 rings (SSSR count). The van der Waals surface area contributed by atoms with Crippen LogP contribution in [-0.4, -0.2) is 44.7 Å². The van der Waals surface area contributed by atoms with Crippen LogP contribution in [0.4, 0.5) is 0 Å². The molecule has 0 unspecified atom stereocenters. The summed E-state index contributed by atoms with van der Waals surface area (Å²) in [7, 11) is 3.88. The van der Waals surface area contributed by atoms with E-state index in [1.54, 1.807) is 11.3 Å². The van der Waals surface area contributed by atoms with Gasteiger partial charge in [0, 0.05) is 30.9 Å². The highest BCUT2D eigenvalue weighted by Crippen LogP contribution is 2.25. The van der Waals surface area contributed by atoms with Crippen LogP contribution in [0.3, 0.4) is 0 Å². The normalized spacial score (nSPS) is 17.1. The Morgan fingerprint density at radius 3 is 2.70 bits per heavy atom. The van der Waals surface area contributed by atoms with Gasteiger partial charge in [0.25, 0.3) is 0 Å². The molecule has 0 atom stereocenters. The zero-order chi connectivity index (χ0) is 13.9. The lowest BCUT2D eigenvalue weighted by atomic mass is 9.89. The van der Waals surface area contributed by atoms with Crippen LogP contribution in [0.1, 0.15) is 11.8 Å². The number of aliphatic imine (C=N–C) groups is 1. The van der Waals surface area contributed by atoms with E-state index in [9.17, 15) is 0 Å². The number of rotatable bonds is 4. The summed E-state index contributed by atoms with van der Waals surface area (Å²) in [6, 6.07) is 4.22. The van der Waals surface area contributed by atoms with Crippen molar-refractivity contribution < 1.29 is 4.74 Å². The van der Waals surface area contributed by atoms with E-state index < -0.39 is 0 Å². The van der Waals surface area contributed by atoms with Crippen molar-refractivity contribution in [3.63, 3.8) is 0 Å². The molecular formula is C13H21BrIN3OS.